The highest BCUT2D eigenvalue weighted by Crippen LogP contribution is 2.56. The van der Waals surface area contributed by atoms with Crippen molar-refractivity contribution in [3.8, 4) is 0 Å². The Balaban J connectivity index is 2.15. The highest BCUT2D eigenvalue weighted by Gasteiger charge is 2.54. The summed E-state index contributed by atoms with van der Waals surface area (Å²) in [5.41, 5.74) is 6.83. The third-order valence-corrected chi connectivity index (χ3v) is 4.63. The van der Waals surface area contributed by atoms with Crippen molar-refractivity contribution in [3.63, 3.8) is 0 Å². The van der Waals surface area contributed by atoms with E-state index in [9.17, 15) is 4.39 Å². The van der Waals surface area contributed by atoms with Crippen LogP contribution >= 0.6 is 0 Å². The van der Waals surface area contributed by atoms with E-state index in [-0.39, 0.29) is 22.4 Å². The zero-order valence-electron chi connectivity index (χ0n) is 13.8. The molecule has 0 aromatic heterocycles. The van der Waals surface area contributed by atoms with Crippen LogP contribution in [-0.4, -0.2) is 31.2 Å². The molecule has 0 saturated heterocycles. The molecule has 21 heavy (non-hydrogen) atoms. The Morgan fingerprint density at radius 3 is 2.43 bits per heavy atom. The molecule has 4 heteroatoms. The van der Waals surface area contributed by atoms with Gasteiger partial charge in [-0.25, -0.2) is 4.39 Å². The number of rotatable bonds is 5. The minimum atomic E-state index is -0.363. The Morgan fingerprint density at radius 2 is 1.95 bits per heavy atom. The van der Waals surface area contributed by atoms with Crippen molar-refractivity contribution in [1.29, 1.82) is 0 Å². The molecular formula is C17H28FN3. The van der Waals surface area contributed by atoms with Gasteiger partial charge in [0.2, 0.25) is 0 Å². The molecule has 0 atom stereocenters. The molecule has 0 amide bonds. The second-order valence-electron chi connectivity index (χ2n) is 7.68. The van der Waals surface area contributed by atoms with Crippen LogP contribution in [0.2, 0.25) is 0 Å². The van der Waals surface area contributed by atoms with Crippen LogP contribution in [0.4, 0.5) is 4.39 Å². The van der Waals surface area contributed by atoms with Crippen molar-refractivity contribution in [1.82, 2.24) is 10.2 Å². The maximum atomic E-state index is 13.6. The van der Waals surface area contributed by atoms with Gasteiger partial charge in [0.15, 0.2) is 0 Å². The van der Waals surface area contributed by atoms with Gasteiger partial charge in [-0.3, -0.25) is 10.2 Å². The fourth-order valence-corrected chi connectivity index (χ4v) is 3.48. The Bertz CT molecular complexity index is 499. The molecule has 1 aliphatic rings. The summed E-state index contributed by atoms with van der Waals surface area (Å²) in [4.78, 5) is 2.22. The summed E-state index contributed by atoms with van der Waals surface area (Å²) in [7, 11) is 4.15. The predicted octanol–water partition coefficient (Wildman–Crippen LogP) is 2.67. The molecule has 3 nitrogen and oxygen atoms in total. The van der Waals surface area contributed by atoms with Crippen LogP contribution in [0.5, 0.6) is 0 Å². The standard InChI is InChI=1S/C17H28FN3/c1-15(2,19)20-12-16(3)10-17(11-16,21(4)5)13-7-6-8-14(18)9-13/h6-9,20H,10-12,19H2,1-5H3. The summed E-state index contributed by atoms with van der Waals surface area (Å²) >= 11 is 0. The van der Waals surface area contributed by atoms with Crippen LogP contribution in [0.3, 0.4) is 0 Å². The second-order valence-corrected chi connectivity index (χ2v) is 7.68. The lowest BCUT2D eigenvalue weighted by atomic mass is 9.55. The number of nitrogens with one attached hydrogen (secondary N) is 1. The van der Waals surface area contributed by atoms with Crippen molar-refractivity contribution >= 4 is 0 Å². The van der Waals surface area contributed by atoms with Gasteiger partial charge >= 0.3 is 0 Å². The third-order valence-electron chi connectivity index (χ3n) is 4.63. The first-order valence-corrected chi connectivity index (χ1v) is 7.54. The van der Waals surface area contributed by atoms with E-state index in [0.29, 0.717) is 0 Å². The lowest BCUT2D eigenvalue weighted by Gasteiger charge is -2.59. The Kier molecular flexibility index (Phi) is 4.17. The van der Waals surface area contributed by atoms with Gasteiger partial charge in [-0.15, -0.1) is 0 Å². The van der Waals surface area contributed by atoms with Gasteiger partial charge in [-0.05, 0) is 63.9 Å². The molecule has 1 aromatic rings. The predicted molar refractivity (Wildman–Crippen MR) is 85.4 cm³/mol. The van der Waals surface area contributed by atoms with Crippen LogP contribution < -0.4 is 11.1 Å². The number of nitrogens with two attached hydrogens (primary N) is 1. The van der Waals surface area contributed by atoms with Crippen molar-refractivity contribution in [2.45, 2.75) is 44.8 Å². The monoisotopic (exact) mass is 293 g/mol. The summed E-state index contributed by atoms with van der Waals surface area (Å²) in [5.74, 6) is -0.163. The maximum absolute atomic E-state index is 13.6. The SMILES string of the molecule is CN(C)C1(c2cccc(F)c2)CC(C)(CNC(C)(C)N)C1. The molecule has 1 aliphatic carbocycles. The van der Waals surface area contributed by atoms with E-state index in [4.69, 9.17) is 5.73 Å². The van der Waals surface area contributed by atoms with E-state index < -0.39 is 0 Å². The molecule has 0 spiro atoms. The molecule has 1 saturated carbocycles. The number of halogens is 1. The van der Waals surface area contributed by atoms with Crippen molar-refractivity contribution < 1.29 is 4.39 Å². The Hall–Kier alpha value is -0.970. The second kappa shape index (κ2) is 5.34. The Labute approximate surface area is 127 Å². The number of hydrogen-bond acceptors (Lipinski definition) is 3. The summed E-state index contributed by atoms with van der Waals surface area (Å²) < 4.78 is 13.6. The zero-order valence-corrected chi connectivity index (χ0v) is 13.8. The number of nitrogens with zero attached hydrogens (tertiary/aromatic N) is 1. The molecule has 0 aliphatic heterocycles. The largest absolute Gasteiger partial charge is 0.314 e. The molecule has 0 radical (unpaired) electrons. The summed E-state index contributed by atoms with van der Waals surface area (Å²) in [6, 6.07) is 7.00. The summed E-state index contributed by atoms with van der Waals surface area (Å²) in [6.45, 7) is 7.09. The van der Waals surface area contributed by atoms with Gasteiger partial charge in [-0.1, -0.05) is 19.1 Å². The number of benzene rings is 1. The first-order valence-electron chi connectivity index (χ1n) is 7.54. The highest BCUT2D eigenvalue weighted by molar-refractivity contribution is 5.30. The minimum absolute atomic E-state index is 0.0722. The van der Waals surface area contributed by atoms with Crippen molar-refractivity contribution in [2.75, 3.05) is 20.6 Å². The van der Waals surface area contributed by atoms with E-state index in [1.807, 2.05) is 19.9 Å². The minimum Gasteiger partial charge on any atom is -0.314 e. The van der Waals surface area contributed by atoms with Crippen LogP contribution in [0.15, 0.2) is 24.3 Å². The molecule has 0 bridgehead atoms. The van der Waals surface area contributed by atoms with E-state index in [1.165, 1.54) is 6.07 Å². The first-order chi connectivity index (χ1) is 9.56. The van der Waals surface area contributed by atoms with Gasteiger partial charge in [0.05, 0.1) is 5.66 Å². The fraction of sp³-hybridized carbons (Fsp3) is 0.647. The third kappa shape index (κ3) is 3.44. The molecule has 1 fully saturated rings. The molecule has 3 N–H and O–H groups in total. The number of hydrogen-bond donors (Lipinski definition) is 2. The van der Waals surface area contributed by atoms with E-state index in [2.05, 4.69) is 31.2 Å². The lowest BCUT2D eigenvalue weighted by Crippen LogP contribution is -2.61. The van der Waals surface area contributed by atoms with Crippen LogP contribution in [0, 0.1) is 11.2 Å². The van der Waals surface area contributed by atoms with Crippen LogP contribution in [0.1, 0.15) is 39.2 Å². The van der Waals surface area contributed by atoms with Gasteiger partial charge in [-0.2, -0.15) is 0 Å². The normalized spacial score (nSPS) is 29.5. The first kappa shape index (κ1) is 16.4. The van der Waals surface area contributed by atoms with Crippen LogP contribution in [0.25, 0.3) is 0 Å². The lowest BCUT2D eigenvalue weighted by molar-refractivity contribution is -0.0602. The molecule has 1 aromatic carbocycles. The zero-order chi connectivity index (χ0) is 15.9. The Morgan fingerprint density at radius 1 is 1.33 bits per heavy atom. The summed E-state index contributed by atoms with van der Waals surface area (Å²) in [5, 5.41) is 3.39. The average Bonchev–Trinajstić information content (AvgIpc) is 2.31. The quantitative estimate of drug-likeness (QED) is 0.820. The van der Waals surface area contributed by atoms with E-state index >= 15 is 0 Å². The van der Waals surface area contributed by atoms with E-state index in [1.54, 1.807) is 12.1 Å². The van der Waals surface area contributed by atoms with Crippen LogP contribution in [-0.2, 0) is 5.54 Å². The van der Waals surface area contributed by atoms with Gasteiger partial charge < -0.3 is 5.73 Å². The highest BCUT2D eigenvalue weighted by atomic mass is 19.1. The van der Waals surface area contributed by atoms with Crippen molar-refractivity contribution in [2.24, 2.45) is 11.1 Å². The molecule has 2 rings (SSSR count). The maximum Gasteiger partial charge on any atom is 0.123 e. The van der Waals surface area contributed by atoms with Gasteiger partial charge in [0, 0.05) is 12.1 Å². The molecule has 118 valence electrons. The van der Waals surface area contributed by atoms with Crippen molar-refractivity contribution in [3.05, 3.63) is 35.6 Å². The van der Waals surface area contributed by atoms with Gasteiger partial charge in [0.25, 0.3) is 0 Å². The molecule has 0 unspecified atom stereocenters. The molecule has 0 heterocycles. The average molecular weight is 293 g/mol. The smallest absolute Gasteiger partial charge is 0.123 e. The topological polar surface area (TPSA) is 41.3 Å². The summed E-state index contributed by atoms with van der Waals surface area (Å²) in [6.07, 6.45) is 2.00. The van der Waals surface area contributed by atoms with Gasteiger partial charge in [0.1, 0.15) is 5.82 Å². The molecular weight excluding hydrogens is 265 g/mol. The van der Waals surface area contributed by atoms with E-state index in [0.717, 1.165) is 24.9 Å². The fourth-order valence-electron chi connectivity index (χ4n) is 3.48.